The van der Waals surface area contributed by atoms with Crippen LogP contribution in [0.1, 0.15) is 27.2 Å². The van der Waals surface area contributed by atoms with Crippen LogP contribution in [0.2, 0.25) is 5.15 Å². The van der Waals surface area contributed by atoms with Gasteiger partial charge in [0.05, 0.1) is 11.6 Å². The molecule has 1 amide bonds. The summed E-state index contributed by atoms with van der Waals surface area (Å²) in [7, 11) is 0. The lowest BCUT2D eigenvalue weighted by atomic mass is 10.2. The monoisotopic (exact) mass is 364 g/mol. The summed E-state index contributed by atoms with van der Waals surface area (Å²) < 4.78 is 5.30. The normalized spacial score (nSPS) is 17.8. The van der Waals surface area contributed by atoms with Gasteiger partial charge in [0.1, 0.15) is 16.3 Å². The van der Waals surface area contributed by atoms with Gasteiger partial charge >= 0.3 is 6.09 Å². The van der Waals surface area contributed by atoms with Crippen molar-refractivity contribution in [2.45, 2.75) is 38.8 Å². The van der Waals surface area contributed by atoms with Crippen LogP contribution in [0.5, 0.6) is 0 Å². The third-order valence-electron chi connectivity index (χ3n) is 3.72. The highest BCUT2D eigenvalue weighted by atomic mass is 35.5. The van der Waals surface area contributed by atoms with Gasteiger partial charge in [0.15, 0.2) is 5.82 Å². The minimum absolute atomic E-state index is 0.0414. The Hall–Kier alpha value is -2.35. The zero-order valence-electron chi connectivity index (χ0n) is 14.4. The molecule has 0 aliphatic carbocycles. The van der Waals surface area contributed by atoms with Crippen molar-refractivity contribution >= 4 is 40.5 Å². The number of anilines is 2. The Morgan fingerprint density at radius 2 is 2.12 bits per heavy atom. The molecule has 0 spiro atoms. The molecule has 3 N–H and O–H groups in total. The fraction of sp³-hybridized carbons (Fsp3) is 0.500. The highest BCUT2D eigenvalue weighted by molar-refractivity contribution is 6.29. The number of pyridine rings is 1. The fourth-order valence-electron chi connectivity index (χ4n) is 2.76. The van der Waals surface area contributed by atoms with Crippen molar-refractivity contribution in [2.75, 3.05) is 23.7 Å². The summed E-state index contributed by atoms with van der Waals surface area (Å²) in [6.07, 6.45) is 0.346. The predicted octanol–water partition coefficient (Wildman–Crippen LogP) is 2.36. The van der Waals surface area contributed by atoms with Gasteiger partial charge in [0.25, 0.3) is 0 Å². The number of nitrogens with one attached hydrogen (secondary N) is 1. The average Bonchev–Trinajstić information content (AvgIpc) is 2.93. The van der Waals surface area contributed by atoms with E-state index in [1.165, 1.54) is 0 Å². The molecule has 0 aromatic carbocycles. The maximum Gasteiger partial charge on any atom is 0.407 e. The smallest absolute Gasteiger partial charge is 0.407 e. The molecule has 3 heterocycles. The molecule has 9 heteroatoms. The van der Waals surface area contributed by atoms with Crippen molar-refractivity contribution in [1.82, 2.24) is 20.3 Å². The largest absolute Gasteiger partial charge is 0.444 e. The molecule has 25 heavy (non-hydrogen) atoms. The summed E-state index contributed by atoms with van der Waals surface area (Å²) in [6, 6.07) is 3.38. The van der Waals surface area contributed by atoms with Crippen molar-refractivity contribution in [1.29, 1.82) is 0 Å². The summed E-state index contributed by atoms with van der Waals surface area (Å²) in [5.74, 6) is 0.800. The number of nitrogens with two attached hydrogens (primary N) is 1. The summed E-state index contributed by atoms with van der Waals surface area (Å²) in [4.78, 5) is 26.8. The second-order valence-corrected chi connectivity index (χ2v) is 7.37. The summed E-state index contributed by atoms with van der Waals surface area (Å²) in [5.41, 5.74) is 6.52. The molecule has 1 saturated heterocycles. The number of nitrogen functional groups attached to an aromatic ring is 1. The predicted molar refractivity (Wildman–Crippen MR) is 96.7 cm³/mol. The number of carbonyl (C=O) groups is 1. The average molecular weight is 365 g/mol. The van der Waals surface area contributed by atoms with Crippen LogP contribution in [0.15, 0.2) is 12.1 Å². The van der Waals surface area contributed by atoms with E-state index in [4.69, 9.17) is 22.1 Å². The molecule has 134 valence electrons. The highest BCUT2D eigenvalue weighted by Crippen LogP contribution is 2.27. The van der Waals surface area contributed by atoms with Gasteiger partial charge in [-0.1, -0.05) is 11.6 Å². The lowest BCUT2D eigenvalue weighted by Crippen LogP contribution is -2.40. The van der Waals surface area contributed by atoms with Gasteiger partial charge in [-0.2, -0.15) is 4.98 Å². The number of fused-ring (bicyclic) bond motifs is 1. The van der Waals surface area contributed by atoms with Crippen LogP contribution >= 0.6 is 11.6 Å². The zero-order valence-corrected chi connectivity index (χ0v) is 15.2. The number of amides is 1. The summed E-state index contributed by atoms with van der Waals surface area (Å²) >= 11 is 6.01. The quantitative estimate of drug-likeness (QED) is 0.788. The van der Waals surface area contributed by atoms with Gasteiger partial charge in [0.2, 0.25) is 5.95 Å². The molecule has 1 atom stereocenters. The number of halogens is 1. The van der Waals surface area contributed by atoms with Crippen molar-refractivity contribution in [3.63, 3.8) is 0 Å². The SMILES string of the molecule is CC(C)(C)OC(=O)N[C@H]1CCN(c2nc(N)nc3ccc(Cl)nc23)C1. The maximum atomic E-state index is 11.9. The van der Waals surface area contributed by atoms with Crippen molar-refractivity contribution in [3.05, 3.63) is 17.3 Å². The Morgan fingerprint density at radius 1 is 1.36 bits per heavy atom. The topological polar surface area (TPSA) is 106 Å². The van der Waals surface area contributed by atoms with E-state index in [0.29, 0.717) is 35.1 Å². The number of nitrogens with zero attached hydrogens (tertiary/aromatic N) is 4. The van der Waals surface area contributed by atoms with E-state index in [-0.39, 0.29) is 12.0 Å². The number of alkyl carbamates (subject to hydrolysis) is 1. The van der Waals surface area contributed by atoms with Crippen LogP contribution in [0.25, 0.3) is 11.0 Å². The minimum Gasteiger partial charge on any atom is -0.444 e. The lowest BCUT2D eigenvalue weighted by Gasteiger charge is -2.22. The van der Waals surface area contributed by atoms with Crippen LogP contribution in [0.3, 0.4) is 0 Å². The van der Waals surface area contributed by atoms with E-state index in [2.05, 4.69) is 20.3 Å². The first-order chi connectivity index (χ1) is 11.7. The second kappa shape index (κ2) is 6.51. The molecule has 1 aliphatic heterocycles. The maximum absolute atomic E-state index is 11.9. The van der Waals surface area contributed by atoms with Crippen LogP contribution in [-0.4, -0.2) is 45.8 Å². The third-order valence-corrected chi connectivity index (χ3v) is 3.93. The molecule has 8 nitrogen and oxygen atoms in total. The number of rotatable bonds is 2. The van der Waals surface area contributed by atoms with E-state index < -0.39 is 11.7 Å². The Kier molecular flexibility index (Phi) is 4.55. The number of hydrogen-bond acceptors (Lipinski definition) is 7. The molecule has 2 aromatic heterocycles. The molecule has 1 aliphatic rings. The highest BCUT2D eigenvalue weighted by Gasteiger charge is 2.28. The standard InChI is InChI=1S/C16H21ClN6O2/c1-16(2,3)25-15(24)19-9-6-7-23(8-9)13-12-10(20-14(18)22-13)4-5-11(17)21-12/h4-5,9H,6-8H2,1-3H3,(H,19,24)(H2,18,20,22)/t9-/m0/s1. The number of carbonyl (C=O) groups excluding carboxylic acids is 1. The van der Waals surface area contributed by atoms with Gasteiger partial charge in [-0.05, 0) is 39.3 Å². The number of aromatic nitrogens is 3. The van der Waals surface area contributed by atoms with E-state index in [0.717, 1.165) is 6.42 Å². The van der Waals surface area contributed by atoms with Crippen LogP contribution < -0.4 is 16.0 Å². The molecule has 0 saturated carbocycles. The first kappa shape index (κ1) is 17.5. The first-order valence-corrected chi connectivity index (χ1v) is 8.43. The van der Waals surface area contributed by atoms with E-state index in [1.807, 2.05) is 25.7 Å². The van der Waals surface area contributed by atoms with Gasteiger partial charge in [0, 0.05) is 13.1 Å². The van der Waals surface area contributed by atoms with E-state index in [9.17, 15) is 4.79 Å². The molecular weight excluding hydrogens is 344 g/mol. The Balaban J connectivity index is 1.77. The zero-order chi connectivity index (χ0) is 18.2. The van der Waals surface area contributed by atoms with Gasteiger partial charge in [-0.3, -0.25) is 0 Å². The van der Waals surface area contributed by atoms with Crippen LogP contribution in [-0.2, 0) is 4.74 Å². The first-order valence-electron chi connectivity index (χ1n) is 8.05. The fourth-order valence-corrected chi connectivity index (χ4v) is 2.91. The van der Waals surface area contributed by atoms with Gasteiger partial charge < -0.3 is 20.7 Å². The van der Waals surface area contributed by atoms with Gasteiger partial charge in [-0.25, -0.2) is 14.8 Å². The molecule has 1 fully saturated rings. The third kappa shape index (κ3) is 4.19. The minimum atomic E-state index is -0.527. The molecule has 2 aromatic rings. The summed E-state index contributed by atoms with van der Waals surface area (Å²) in [5, 5.41) is 3.25. The molecule has 3 rings (SSSR count). The molecule has 0 unspecified atom stereocenters. The van der Waals surface area contributed by atoms with Crippen LogP contribution in [0.4, 0.5) is 16.6 Å². The summed E-state index contributed by atoms with van der Waals surface area (Å²) in [6.45, 7) is 6.79. The van der Waals surface area contributed by atoms with E-state index in [1.54, 1.807) is 12.1 Å². The lowest BCUT2D eigenvalue weighted by molar-refractivity contribution is 0.0509. The Bertz CT molecular complexity index is 807. The van der Waals surface area contributed by atoms with Crippen molar-refractivity contribution in [3.8, 4) is 0 Å². The van der Waals surface area contributed by atoms with Gasteiger partial charge in [-0.15, -0.1) is 0 Å². The number of hydrogen-bond donors (Lipinski definition) is 2. The Labute approximate surface area is 150 Å². The second-order valence-electron chi connectivity index (χ2n) is 6.98. The van der Waals surface area contributed by atoms with E-state index >= 15 is 0 Å². The number of ether oxygens (including phenoxy) is 1. The Morgan fingerprint density at radius 3 is 2.84 bits per heavy atom. The van der Waals surface area contributed by atoms with Crippen molar-refractivity contribution < 1.29 is 9.53 Å². The van der Waals surface area contributed by atoms with Crippen LogP contribution in [0, 0.1) is 0 Å². The van der Waals surface area contributed by atoms with Crippen molar-refractivity contribution in [2.24, 2.45) is 0 Å². The molecule has 0 bridgehead atoms. The molecule has 0 radical (unpaired) electrons. The molecular formula is C16H21ClN6O2.